The summed E-state index contributed by atoms with van der Waals surface area (Å²) < 4.78 is 12.9. The maximum Gasteiger partial charge on any atom is 0.312 e. The SMILES string of the molecule is CCOc1cc(/C=N/NC(=O)C(C)n2nc(C)c([N+](=O)[O-])c2C)ccc1OCc1c(Cl)cccc1Cl. The van der Waals surface area contributed by atoms with Crippen LogP contribution in [0, 0.1) is 24.0 Å². The van der Waals surface area contributed by atoms with Crippen molar-refractivity contribution in [1.29, 1.82) is 0 Å². The van der Waals surface area contributed by atoms with Crippen molar-refractivity contribution in [3.8, 4) is 11.5 Å². The van der Waals surface area contributed by atoms with Gasteiger partial charge in [0.2, 0.25) is 0 Å². The third-order valence-electron chi connectivity index (χ3n) is 5.31. The second-order valence-corrected chi connectivity index (χ2v) is 8.57. The van der Waals surface area contributed by atoms with Gasteiger partial charge in [0.25, 0.3) is 5.91 Å². The first-order valence-electron chi connectivity index (χ1n) is 11.0. The Labute approximate surface area is 218 Å². The second kappa shape index (κ2) is 11.9. The Hall–Kier alpha value is -3.63. The molecule has 0 aliphatic rings. The highest BCUT2D eigenvalue weighted by Crippen LogP contribution is 2.31. The maximum absolute atomic E-state index is 12.6. The molecule has 12 heteroatoms. The molecule has 1 aromatic heterocycles. The maximum atomic E-state index is 12.6. The summed E-state index contributed by atoms with van der Waals surface area (Å²) in [6.45, 7) is 7.07. The number of benzene rings is 2. The Morgan fingerprint density at radius 1 is 1.22 bits per heavy atom. The molecule has 0 saturated carbocycles. The van der Waals surface area contributed by atoms with Crippen molar-refractivity contribution in [2.45, 2.75) is 40.3 Å². The van der Waals surface area contributed by atoms with E-state index in [-0.39, 0.29) is 18.0 Å². The van der Waals surface area contributed by atoms with Crippen LogP contribution in [0.4, 0.5) is 5.69 Å². The van der Waals surface area contributed by atoms with Crippen LogP contribution in [-0.2, 0) is 11.4 Å². The van der Waals surface area contributed by atoms with Crippen LogP contribution in [0.2, 0.25) is 10.0 Å². The minimum atomic E-state index is -0.805. The molecule has 3 aromatic rings. The van der Waals surface area contributed by atoms with Gasteiger partial charge in [0, 0.05) is 15.6 Å². The molecule has 0 radical (unpaired) electrons. The summed E-state index contributed by atoms with van der Waals surface area (Å²) >= 11 is 12.4. The molecule has 0 aliphatic heterocycles. The molecule has 10 nitrogen and oxygen atoms in total. The average Bonchev–Trinajstić information content (AvgIpc) is 3.13. The number of amides is 1. The lowest BCUT2D eigenvalue weighted by Gasteiger charge is -2.14. The first kappa shape index (κ1) is 27.0. The molecule has 0 fully saturated rings. The van der Waals surface area contributed by atoms with Gasteiger partial charge in [-0.25, -0.2) is 5.43 Å². The van der Waals surface area contributed by atoms with Gasteiger partial charge in [0.15, 0.2) is 11.5 Å². The van der Waals surface area contributed by atoms with E-state index in [1.165, 1.54) is 17.8 Å². The van der Waals surface area contributed by atoms with Crippen LogP contribution in [-0.4, -0.2) is 33.4 Å². The summed E-state index contributed by atoms with van der Waals surface area (Å²) in [5.41, 5.74) is 4.17. The Kier molecular flexibility index (Phi) is 8.89. The molecule has 3 rings (SSSR count). The zero-order valence-corrected chi connectivity index (χ0v) is 21.6. The van der Waals surface area contributed by atoms with Gasteiger partial charge in [0.1, 0.15) is 24.0 Å². The summed E-state index contributed by atoms with van der Waals surface area (Å²) in [6, 6.07) is 9.61. The number of hydrogen-bond donors (Lipinski definition) is 1. The van der Waals surface area contributed by atoms with Crippen molar-refractivity contribution in [3.05, 3.63) is 79.1 Å². The zero-order chi connectivity index (χ0) is 26.4. The van der Waals surface area contributed by atoms with Crippen LogP contribution in [0.15, 0.2) is 41.5 Å². The fraction of sp³-hybridized carbons (Fsp3) is 0.292. The third kappa shape index (κ3) is 6.13. The number of hydrazone groups is 1. The fourth-order valence-electron chi connectivity index (χ4n) is 3.48. The fourth-order valence-corrected chi connectivity index (χ4v) is 3.99. The highest BCUT2D eigenvalue weighted by atomic mass is 35.5. The van der Waals surface area contributed by atoms with Crippen LogP contribution in [0.1, 0.15) is 42.4 Å². The van der Waals surface area contributed by atoms with Crippen molar-refractivity contribution >= 4 is 41.0 Å². The molecule has 0 saturated heterocycles. The topological polar surface area (TPSA) is 121 Å². The van der Waals surface area contributed by atoms with Gasteiger partial charge in [-0.2, -0.15) is 10.2 Å². The van der Waals surface area contributed by atoms with Gasteiger partial charge < -0.3 is 9.47 Å². The zero-order valence-electron chi connectivity index (χ0n) is 20.1. The van der Waals surface area contributed by atoms with Crippen molar-refractivity contribution in [2.24, 2.45) is 5.10 Å². The van der Waals surface area contributed by atoms with E-state index in [4.69, 9.17) is 32.7 Å². The number of carbonyl (C=O) groups is 1. The molecule has 1 amide bonds. The smallest absolute Gasteiger partial charge is 0.312 e. The number of carbonyl (C=O) groups excluding carboxylic acids is 1. The molecule has 2 aromatic carbocycles. The van der Waals surface area contributed by atoms with Crippen molar-refractivity contribution in [2.75, 3.05) is 6.61 Å². The summed E-state index contributed by atoms with van der Waals surface area (Å²) in [7, 11) is 0. The molecular weight excluding hydrogens is 509 g/mol. The number of nitro groups is 1. The van der Waals surface area contributed by atoms with E-state index in [1.807, 2.05) is 6.92 Å². The molecule has 1 heterocycles. The first-order valence-corrected chi connectivity index (χ1v) is 11.7. The highest BCUT2D eigenvalue weighted by Gasteiger charge is 2.26. The van der Waals surface area contributed by atoms with Crippen molar-refractivity contribution < 1.29 is 19.2 Å². The van der Waals surface area contributed by atoms with Crippen LogP contribution in [0.25, 0.3) is 0 Å². The molecule has 0 aliphatic carbocycles. The van der Waals surface area contributed by atoms with Crippen LogP contribution >= 0.6 is 23.2 Å². The largest absolute Gasteiger partial charge is 0.490 e. The number of hydrogen-bond acceptors (Lipinski definition) is 7. The molecule has 190 valence electrons. The minimum absolute atomic E-state index is 0.110. The lowest BCUT2D eigenvalue weighted by Crippen LogP contribution is -2.28. The third-order valence-corrected chi connectivity index (χ3v) is 6.01. The normalized spacial score (nSPS) is 11.9. The standard InChI is InChI=1S/C24H25Cl2N5O5/c1-5-35-22-11-17(9-10-21(22)36-13-18-19(25)7-6-8-20(18)26)12-27-28-24(32)16(4)30-15(3)23(31(33)34)14(2)29-30/h6-12,16H,5,13H2,1-4H3,(H,28,32)/b27-12+. The van der Waals surface area contributed by atoms with E-state index in [0.717, 1.165) is 0 Å². The Morgan fingerprint density at radius 2 is 1.92 bits per heavy atom. The number of halogens is 2. The predicted molar refractivity (Wildman–Crippen MR) is 137 cm³/mol. The van der Waals surface area contributed by atoms with Gasteiger partial charge in [-0.1, -0.05) is 29.3 Å². The van der Waals surface area contributed by atoms with E-state index in [1.54, 1.807) is 50.2 Å². The summed E-state index contributed by atoms with van der Waals surface area (Å²) in [5.74, 6) is 0.501. The second-order valence-electron chi connectivity index (χ2n) is 7.76. The molecule has 1 atom stereocenters. The van der Waals surface area contributed by atoms with Gasteiger partial charge in [0.05, 0.1) is 17.7 Å². The lowest BCUT2D eigenvalue weighted by molar-refractivity contribution is -0.386. The molecule has 1 unspecified atom stereocenters. The summed E-state index contributed by atoms with van der Waals surface area (Å²) in [4.78, 5) is 23.3. The first-order chi connectivity index (χ1) is 17.1. The van der Waals surface area contributed by atoms with E-state index in [9.17, 15) is 14.9 Å². The Bertz CT molecular complexity index is 1290. The summed E-state index contributed by atoms with van der Waals surface area (Å²) in [6.07, 6.45) is 1.45. The van der Waals surface area contributed by atoms with E-state index >= 15 is 0 Å². The van der Waals surface area contributed by atoms with Crippen LogP contribution in [0.5, 0.6) is 11.5 Å². The number of aryl methyl sites for hydroxylation is 1. The van der Waals surface area contributed by atoms with Crippen molar-refractivity contribution in [1.82, 2.24) is 15.2 Å². The molecule has 0 bridgehead atoms. The molecule has 1 N–H and O–H groups in total. The number of rotatable bonds is 10. The number of aromatic nitrogens is 2. The minimum Gasteiger partial charge on any atom is -0.490 e. The average molecular weight is 534 g/mol. The van der Waals surface area contributed by atoms with Crippen LogP contribution < -0.4 is 14.9 Å². The lowest BCUT2D eigenvalue weighted by atomic mass is 10.2. The number of nitrogens with zero attached hydrogens (tertiary/aromatic N) is 4. The van der Waals surface area contributed by atoms with Gasteiger partial charge >= 0.3 is 5.69 Å². The molecule has 0 spiro atoms. The van der Waals surface area contributed by atoms with Gasteiger partial charge in [-0.15, -0.1) is 0 Å². The Morgan fingerprint density at radius 3 is 2.53 bits per heavy atom. The van der Waals surface area contributed by atoms with Gasteiger partial charge in [-0.05, 0) is 63.6 Å². The monoisotopic (exact) mass is 533 g/mol. The van der Waals surface area contributed by atoms with Gasteiger partial charge in [-0.3, -0.25) is 19.6 Å². The van der Waals surface area contributed by atoms with E-state index in [0.29, 0.717) is 45.0 Å². The van der Waals surface area contributed by atoms with Crippen molar-refractivity contribution in [3.63, 3.8) is 0 Å². The van der Waals surface area contributed by atoms with E-state index < -0.39 is 16.9 Å². The number of nitrogens with one attached hydrogen (secondary N) is 1. The Balaban J connectivity index is 1.69. The quantitative estimate of drug-likeness (QED) is 0.211. The summed E-state index contributed by atoms with van der Waals surface area (Å²) in [5, 5.41) is 20.3. The molecular formula is C24H25Cl2N5O5. The van der Waals surface area contributed by atoms with E-state index in [2.05, 4.69) is 15.6 Å². The number of ether oxygens (including phenoxy) is 2. The predicted octanol–water partition coefficient (Wildman–Crippen LogP) is 5.40. The molecule has 36 heavy (non-hydrogen) atoms. The van der Waals surface area contributed by atoms with Crippen LogP contribution in [0.3, 0.4) is 0 Å². The highest BCUT2D eigenvalue weighted by molar-refractivity contribution is 6.35.